The van der Waals surface area contributed by atoms with Crippen molar-refractivity contribution in [1.29, 1.82) is 0 Å². The zero-order valence-corrected chi connectivity index (χ0v) is 9.00. The van der Waals surface area contributed by atoms with Gasteiger partial charge in [-0.15, -0.1) is 0 Å². The van der Waals surface area contributed by atoms with Crippen molar-refractivity contribution in [3.8, 4) is 0 Å². The molecule has 0 saturated heterocycles. The number of aromatic amines is 1. The minimum Gasteiger partial charge on any atom is -0.391 e. The normalized spacial score (nSPS) is 12.9. The second-order valence-electron chi connectivity index (χ2n) is 3.69. The SMILES string of the molecule is CCC(O)CNc1nc2ccc(F)cc2[nH]1. The highest BCUT2D eigenvalue weighted by Gasteiger charge is 2.05. The van der Waals surface area contributed by atoms with Crippen LogP contribution in [0.1, 0.15) is 13.3 Å². The molecule has 1 unspecified atom stereocenters. The molecule has 1 atom stereocenters. The Labute approximate surface area is 92.5 Å². The number of anilines is 1. The average Bonchev–Trinajstić information content (AvgIpc) is 2.67. The first-order chi connectivity index (χ1) is 7.69. The number of rotatable bonds is 4. The molecule has 0 aliphatic rings. The predicted octanol–water partition coefficient (Wildman–Crippen LogP) is 1.88. The molecule has 86 valence electrons. The summed E-state index contributed by atoms with van der Waals surface area (Å²) in [6.45, 7) is 2.33. The Morgan fingerprint density at radius 1 is 1.56 bits per heavy atom. The number of halogens is 1. The summed E-state index contributed by atoms with van der Waals surface area (Å²) in [5, 5.41) is 12.3. The second kappa shape index (κ2) is 4.49. The van der Waals surface area contributed by atoms with E-state index in [2.05, 4.69) is 15.3 Å². The van der Waals surface area contributed by atoms with E-state index in [1.165, 1.54) is 12.1 Å². The molecule has 0 spiro atoms. The number of aliphatic hydroxyl groups is 1. The van der Waals surface area contributed by atoms with Gasteiger partial charge in [-0.3, -0.25) is 0 Å². The lowest BCUT2D eigenvalue weighted by molar-refractivity contribution is 0.183. The van der Waals surface area contributed by atoms with Crippen molar-refractivity contribution in [3.63, 3.8) is 0 Å². The molecule has 0 fully saturated rings. The number of aliphatic hydroxyl groups excluding tert-OH is 1. The number of nitrogens with one attached hydrogen (secondary N) is 2. The fourth-order valence-corrected chi connectivity index (χ4v) is 1.42. The fraction of sp³-hybridized carbons (Fsp3) is 0.364. The summed E-state index contributed by atoms with van der Waals surface area (Å²) in [7, 11) is 0. The third-order valence-corrected chi connectivity index (χ3v) is 2.42. The van der Waals surface area contributed by atoms with Gasteiger partial charge in [0.1, 0.15) is 5.82 Å². The number of fused-ring (bicyclic) bond motifs is 1. The topological polar surface area (TPSA) is 60.9 Å². The molecule has 0 aliphatic heterocycles. The molecule has 4 nitrogen and oxygen atoms in total. The maximum absolute atomic E-state index is 12.9. The van der Waals surface area contributed by atoms with Gasteiger partial charge < -0.3 is 15.4 Å². The van der Waals surface area contributed by atoms with Crippen LogP contribution in [0, 0.1) is 5.82 Å². The van der Waals surface area contributed by atoms with E-state index in [-0.39, 0.29) is 5.82 Å². The standard InChI is InChI=1S/C11H14FN3O/c1-2-8(16)6-13-11-14-9-4-3-7(12)5-10(9)15-11/h3-5,8,16H,2,6H2,1H3,(H2,13,14,15). The number of nitrogens with zero attached hydrogens (tertiary/aromatic N) is 1. The summed E-state index contributed by atoms with van der Waals surface area (Å²) >= 11 is 0. The van der Waals surface area contributed by atoms with Gasteiger partial charge in [0.25, 0.3) is 0 Å². The van der Waals surface area contributed by atoms with E-state index >= 15 is 0 Å². The molecule has 0 saturated carbocycles. The van der Waals surface area contributed by atoms with Crippen LogP contribution >= 0.6 is 0 Å². The molecule has 16 heavy (non-hydrogen) atoms. The average molecular weight is 223 g/mol. The van der Waals surface area contributed by atoms with Crippen LogP contribution in [0.15, 0.2) is 18.2 Å². The van der Waals surface area contributed by atoms with E-state index < -0.39 is 6.10 Å². The maximum Gasteiger partial charge on any atom is 0.201 e. The van der Waals surface area contributed by atoms with Gasteiger partial charge in [-0.25, -0.2) is 9.37 Å². The molecular weight excluding hydrogens is 209 g/mol. The van der Waals surface area contributed by atoms with Crippen LogP contribution < -0.4 is 5.32 Å². The second-order valence-corrected chi connectivity index (χ2v) is 3.69. The highest BCUT2D eigenvalue weighted by Crippen LogP contribution is 2.15. The number of imidazole rings is 1. The van der Waals surface area contributed by atoms with Crippen molar-refractivity contribution in [2.45, 2.75) is 19.4 Å². The third-order valence-electron chi connectivity index (χ3n) is 2.42. The zero-order chi connectivity index (χ0) is 11.5. The van der Waals surface area contributed by atoms with Crippen LogP contribution in [-0.2, 0) is 0 Å². The molecular formula is C11H14FN3O. The first-order valence-corrected chi connectivity index (χ1v) is 5.26. The van der Waals surface area contributed by atoms with Gasteiger partial charge in [0.2, 0.25) is 5.95 Å². The van der Waals surface area contributed by atoms with Crippen LogP contribution in [-0.4, -0.2) is 27.7 Å². The Hall–Kier alpha value is -1.62. The van der Waals surface area contributed by atoms with Gasteiger partial charge >= 0.3 is 0 Å². The largest absolute Gasteiger partial charge is 0.391 e. The van der Waals surface area contributed by atoms with Gasteiger partial charge in [-0.2, -0.15) is 0 Å². The summed E-state index contributed by atoms with van der Waals surface area (Å²) < 4.78 is 12.9. The van der Waals surface area contributed by atoms with Crippen LogP contribution in [0.4, 0.5) is 10.3 Å². The molecule has 0 aliphatic carbocycles. The fourth-order valence-electron chi connectivity index (χ4n) is 1.42. The molecule has 2 rings (SSSR count). The molecule has 1 aromatic carbocycles. The lowest BCUT2D eigenvalue weighted by atomic mass is 10.3. The minimum atomic E-state index is -0.398. The Morgan fingerprint density at radius 2 is 2.38 bits per heavy atom. The van der Waals surface area contributed by atoms with E-state index in [9.17, 15) is 9.50 Å². The number of hydrogen-bond donors (Lipinski definition) is 3. The van der Waals surface area contributed by atoms with Crippen molar-refractivity contribution >= 4 is 17.0 Å². The monoisotopic (exact) mass is 223 g/mol. The summed E-state index contributed by atoms with van der Waals surface area (Å²) in [5.41, 5.74) is 1.35. The van der Waals surface area contributed by atoms with E-state index in [1.54, 1.807) is 6.07 Å². The van der Waals surface area contributed by atoms with Gasteiger partial charge in [0.15, 0.2) is 0 Å². The van der Waals surface area contributed by atoms with Crippen molar-refractivity contribution in [1.82, 2.24) is 9.97 Å². The highest BCUT2D eigenvalue weighted by molar-refractivity contribution is 5.77. The first-order valence-electron chi connectivity index (χ1n) is 5.26. The molecule has 3 N–H and O–H groups in total. The van der Waals surface area contributed by atoms with E-state index in [0.717, 1.165) is 0 Å². The number of aromatic nitrogens is 2. The Kier molecular flexibility index (Phi) is 3.05. The van der Waals surface area contributed by atoms with Gasteiger partial charge in [0, 0.05) is 6.54 Å². The molecule has 0 bridgehead atoms. The van der Waals surface area contributed by atoms with Gasteiger partial charge in [-0.05, 0) is 24.6 Å². The van der Waals surface area contributed by atoms with Crippen molar-refractivity contribution < 1.29 is 9.50 Å². The summed E-state index contributed by atoms with van der Waals surface area (Å²) in [4.78, 5) is 7.16. The number of hydrogen-bond acceptors (Lipinski definition) is 3. The van der Waals surface area contributed by atoms with Crippen molar-refractivity contribution in [2.24, 2.45) is 0 Å². The Balaban J connectivity index is 2.13. The quantitative estimate of drug-likeness (QED) is 0.741. The van der Waals surface area contributed by atoms with Crippen LogP contribution in [0.3, 0.4) is 0 Å². The Morgan fingerprint density at radius 3 is 3.12 bits per heavy atom. The molecule has 1 aromatic heterocycles. The molecule has 1 heterocycles. The van der Waals surface area contributed by atoms with Crippen LogP contribution in [0.25, 0.3) is 11.0 Å². The summed E-state index contributed by atoms with van der Waals surface area (Å²) in [5.74, 6) is 0.254. The summed E-state index contributed by atoms with van der Waals surface area (Å²) in [6, 6.07) is 4.38. The van der Waals surface area contributed by atoms with Gasteiger partial charge in [0.05, 0.1) is 17.1 Å². The van der Waals surface area contributed by atoms with Crippen molar-refractivity contribution in [2.75, 3.05) is 11.9 Å². The molecule has 2 aromatic rings. The minimum absolute atomic E-state index is 0.295. The Bertz CT molecular complexity index is 483. The zero-order valence-electron chi connectivity index (χ0n) is 9.00. The lowest BCUT2D eigenvalue weighted by Gasteiger charge is -2.07. The first kappa shape index (κ1) is 10.9. The molecule has 5 heteroatoms. The molecule has 0 amide bonds. The lowest BCUT2D eigenvalue weighted by Crippen LogP contribution is -2.18. The van der Waals surface area contributed by atoms with E-state index in [4.69, 9.17) is 0 Å². The maximum atomic E-state index is 12.9. The van der Waals surface area contributed by atoms with Crippen LogP contribution in [0.2, 0.25) is 0 Å². The van der Waals surface area contributed by atoms with E-state index in [1.807, 2.05) is 6.92 Å². The highest BCUT2D eigenvalue weighted by atomic mass is 19.1. The third kappa shape index (κ3) is 2.30. The number of H-pyrrole nitrogens is 1. The smallest absolute Gasteiger partial charge is 0.201 e. The van der Waals surface area contributed by atoms with E-state index in [0.29, 0.717) is 29.9 Å². The van der Waals surface area contributed by atoms with Crippen molar-refractivity contribution in [3.05, 3.63) is 24.0 Å². The number of benzene rings is 1. The van der Waals surface area contributed by atoms with Crippen LogP contribution in [0.5, 0.6) is 0 Å². The molecule has 0 radical (unpaired) electrons. The van der Waals surface area contributed by atoms with Gasteiger partial charge in [-0.1, -0.05) is 6.92 Å². The predicted molar refractivity (Wildman–Crippen MR) is 60.8 cm³/mol. The summed E-state index contributed by atoms with van der Waals surface area (Å²) in [6.07, 6.45) is 0.284.